The normalized spacial score (nSPS) is 12.6. The summed E-state index contributed by atoms with van der Waals surface area (Å²) in [6.07, 6.45) is 101. The lowest BCUT2D eigenvalue weighted by atomic mass is 10.0. The van der Waals surface area contributed by atoms with Crippen LogP contribution in [0.3, 0.4) is 0 Å². The minimum Gasteiger partial charge on any atom is -0.462 e. The molecule has 0 rings (SSSR count). The van der Waals surface area contributed by atoms with Crippen LogP contribution in [-0.4, -0.2) is 36.4 Å². The van der Waals surface area contributed by atoms with E-state index in [0.717, 1.165) is 70.6 Å². The molecule has 0 bridgehead atoms. The highest BCUT2D eigenvalue weighted by molar-refractivity contribution is 5.70. The molecule has 0 aromatic rings. The van der Waals surface area contributed by atoms with Crippen LogP contribution in [0.4, 0.5) is 0 Å². The lowest BCUT2D eigenvalue weighted by Crippen LogP contribution is -2.28. The fourth-order valence-corrected chi connectivity index (χ4v) is 11.1. The van der Waals surface area contributed by atoms with Gasteiger partial charge in [0, 0.05) is 12.8 Å². The van der Waals surface area contributed by atoms with Gasteiger partial charge in [0.2, 0.25) is 0 Å². The monoisotopic (exact) mass is 1150 g/mol. The Hall–Kier alpha value is -2.66. The zero-order chi connectivity index (χ0) is 59.1. The number of unbranched alkanes of at least 4 members (excludes halogenated alkanes) is 48. The number of esters is 2. The van der Waals surface area contributed by atoms with Gasteiger partial charge in [-0.15, -0.1) is 0 Å². The van der Waals surface area contributed by atoms with E-state index < -0.39 is 6.10 Å². The molecule has 0 aliphatic rings. The summed E-state index contributed by atoms with van der Waals surface area (Å²) in [5, 5.41) is 9.71. The first-order chi connectivity index (χ1) is 40.6. The molecule has 0 aliphatic heterocycles. The number of allylic oxidation sites excluding steroid dienone is 12. The predicted octanol–water partition coefficient (Wildman–Crippen LogP) is 25.4. The Morgan fingerprint density at radius 3 is 0.793 bits per heavy atom. The van der Waals surface area contributed by atoms with Crippen molar-refractivity contribution < 1.29 is 24.2 Å². The lowest BCUT2D eigenvalue weighted by Gasteiger charge is -2.15. The second-order valence-corrected chi connectivity index (χ2v) is 24.6. The van der Waals surface area contributed by atoms with Crippen molar-refractivity contribution in [1.29, 1.82) is 0 Å². The third-order valence-electron chi connectivity index (χ3n) is 16.5. The molecule has 82 heavy (non-hydrogen) atoms. The zero-order valence-electron chi connectivity index (χ0n) is 55.0. The molecule has 5 nitrogen and oxygen atoms in total. The summed E-state index contributed by atoms with van der Waals surface area (Å²) in [5.74, 6) is -0.569. The number of rotatable bonds is 68. The smallest absolute Gasteiger partial charge is 0.306 e. The molecule has 1 N–H and O–H groups in total. The van der Waals surface area contributed by atoms with Crippen molar-refractivity contribution in [2.75, 3.05) is 13.2 Å². The van der Waals surface area contributed by atoms with Crippen LogP contribution in [0.2, 0.25) is 0 Å². The third-order valence-corrected chi connectivity index (χ3v) is 16.5. The van der Waals surface area contributed by atoms with E-state index in [9.17, 15) is 14.7 Å². The van der Waals surface area contributed by atoms with Gasteiger partial charge in [0.05, 0.1) is 6.61 Å². The van der Waals surface area contributed by atoms with E-state index in [1.165, 1.54) is 289 Å². The van der Waals surface area contributed by atoms with Crippen molar-refractivity contribution in [1.82, 2.24) is 0 Å². The molecule has 5 heteroatoms. The Morgan fingerprint density at radius 1 is 0.293 bits per heavy atom. The van der Waals surface area contributed by atoms with E-state index in [4.69, 9.17) is 9.47 Å². The lowest BCUT2D eigenvalue weighted by molar-refractivity contribution is -0.161. The van der Waals surface area contributed by atoms with Gasteiger partial charge < -0.3 is 14.6 Å². The molecule has 0 heterocycles. The number of hydrogen-bond acceptors (Lipinski definition) is 5. The van der Waals surface area contributed by atoms with Gasteiger partial charge in [0.15, 0.2) is 6.10 Å². The van der Waals surface area contributed by atoms with Crippen molar-refractivity contribution in [2.24, 2.45) is 0 Å². The SMILES string of the molecule is CC/C=C\C/C=C\C/C=C\C/C=C\CCCCCCCCCCCCCCCCCCCCCCCCCCCCC(=O)OC(CO)COC(=O)CCCCCCCCCCCCCCCCCCC/C=C\C/C=C\CCCCCCC. The minimum absolute atomic E-state index is 0.0612. The fourth-order valence-electron chi connectivity index (χ4n) is 11.1. The Balaban J connectivity index is 3.39. The molecule has 0 spiro atoms. The Morgan fingerprint density at radius 2 is 0.524 bits per heavy atom. The second-order valence-electron chi connectivity index (χ2n) is 24.6. The van der Waals surface area contributed by atoms with Gasteiger partial charge in [-0.25, -0.2) is 0 Å². The molecule has 0 aromatic carbocycles. The summed E-state index contributed by atoms with van der Waals surface area (Å²) in [6.45, 7) is 4.07. The zero-order valence-corrected chi connectivity index (χ0v) is 55.0. The van der Waals surface area contributed by atoms with Crippen molar-refractivity contribution in [3.8, 4) is 0 Å². The van der Waals surface area contributed by atoms with Crippen molar-refractivity contribution >= 4 is 11.9 Å². The van der Waals surface area contributed by atoms with Crippen LogP contribution in [0.5, 0.6) is 0 Å². The largest absolute Gasteiger partial charge is 0.462 e. The Bertz CT molecular complexity index is 1440. The summed E-state index contributed by atoms with van der Waals surface area (Å²) >= 11 is 0. The van der Waals surface area contributed by atoms with E-state index in [1.54, 1.807) is 0 Å². The maximum Gasteiger partial charge on any atom is 0.306 e. The maximum atomic E-state index is 12.4. The van der Waals surface area contributed by atoms with Gasteiger partial charge in [-0.3, -0.25) is 9.59 Å². The standard InChI is InChI=1S/C77H140O5/c1-3-5-7-9-11-13-15-17-19-21-23-25-27-29-31-33-34-35-36-37-38-39-40-41-42-44-46-48-50-52-54-56-58-60-62-64-66-68-70-72-77(80)82-75(73-78)74-81-76(79)71-69-67-65-63-61-59-57-55-53-51-49-47-45-43-32-30-28-26-24-22-20-18-16-14-12-10-8-6-4-2/h5,7,11,13,16-19,22-25,75,78H,3-4,6,8-10,12,14-15,20-21,26-74H2,1-2H3/b7-5-,13-11-,18-16-,19-17-,24-22-,25-23-. The number of carbonyl (C=O) groups excluding carboxylic acids is 2. The van der Waals surface area contributed by atoms with Gasteiger partial charge in [0.1, 0.15) is 6.61 Å². The van der Waals surface area contributed by atoms with Gasteiger partial charge in [-0.05, 0) is 83.5 Å². The number of carbonyl (C=O) groups is 2. The molecule has 0 radical (unpaired) electrons. The summed E-state index contributed by atoms with van der Waals surface area (Å²) in [6, 6.07) is 0. The van der Waals surface area contributed by atoms with Crippen LogP contribution >= 0.6 is 0 Å². The number of aliphatic hydroxyl groups excluding tert-OH is 1. The van der Waals surface area contributed by atoms with Crippen LogP contribution in [-0.2, 0) is 19.1 Å². The molecule has 478 valence electrons. The summed E-state index contributed by atoms with van der Waals surface area (Å²) < 4.78 is 10.8. The molecular weight excluding hydrogens is 1000 g/mol. The molecular formula is C77H140O5. The van der Waals surface area contributed by atoms with Gasteiger partial charge in [0.25, 0.3) is 0 Å². The molecule has 0 saturated heterocycles. The van der Waals surface area contributed by atoms with Gasteiger partial charge in [-0.2, -0.15) is 0 Å². The van der Waals surface area contributed by atoms with Crippen molar-refractivity contribution in [3.63, 3.8) is 0 Å². The van der Waals surface area contributed by atoms with E-state index in [1.807, 2.05) is 0 Å². The van der Waals surface area contributed by atoms with Gasteiger partial charge in [-0.1, -0.05) is 363 Å². The average Bonchev–Trinajstić information content (AvgIpc) is 3.49. The molecule has 1 atom stereocenters. The van der Waals surface area contributed by atoms with Gasteiger partial charge >= 0.3 is 11.9 Å². The summed E-state index contributed by atoms with van der Waals surface area (Å²) in [7, 11) is 0. The quantitative estimate of drug-likeness (QED) is 0.0373. The van der Waals surface area contributed by atoms with E-state index in [2.05, 4.69) is 86.8 Å². The van der Waals surface area contributed by atoms with Crippen LogP contribution in [0.25, 0.3) is 0 Å². The first kappa shape index (κ1) is 79.3. The van der Waals surface area contributed by atoms with Crippen LogP contribution in [0, 0.1) is 0 Å². The molecule has 1 unspecified atom stereocenters. The van der Waals surface area contributed by atoms with Crippen LogP contribution in [0.1, 0.15) is 386 Å². The second kappa shape index (κ2) is 72.6. The molecule has 0 amide bonds. The van der Waals surface area contributed by atoms with E-state index >= 15 is 0 Å². The minimum atomic E-state index is -0.772. The molecule has 0 saturated carbocycles. The van der Waals surface area contributed by atoms with Crippen LogP contribution in [0.15, 0.2) is 72.9 Å². The molecule has 0 fully saturated rings. The van der Waals surface area contributed by atoms with Crippen molar-refractivity contribution in [2.45, 2.75) is 392 Å². The summed E-state index contributed by atoms with van der Waals surface area (Å²) in [5.41, 5.74) is 0. The fraction of sp³-hybridized carbons (Fsp3) is 0.818. The third kappa shape index (κ3) is 69.8. The molecule has 0 aromatic heterocycles. The van der Waals surface area contributed by atoms with Crippen molar-refractivity contribution in [3.05, 3.63) is 72.9 Å². The average molecular weight is 1150 g/mol. The number of ether oxygens (including phenoxy) is 2. The Kier molecular flexibility index (Phi) is 70.2. The maximum absolute atomic E-state index is 12.4. The highest BCUT2D eigenvalue weighted by Crippen LogP contribution is 2.19. The van der Waals surface area contributed by atoms with E-state index in [-0.39, 0.29) is 25.2 Å². The number of aliphatic hydroxyl groups is 1. The highest BCUT2D eigenvalue weighted by atomic mass is 16.6. The predicted molar refractivity (Wildman–Crippen MR) is 362 cm³/mol. The Labute approximate surface area is 512 Å². The molecule has 0 aliphatic carbocycles. The highest BCUT2D eigenvalue weighted by Gasteiger charge is 2.16. The van der Waals surface area contributed by atoms with E-state index in [0.29, 0.717) is 12.8 Å². The first-order valence-electron chi connectivity index (χ1n) is 36.5. The first-order valence-corrected chi connectivity index (χ1v) is 36.5. The topological polar surface area (TPSA) is 72.8 Å². The summed E-state index contributed by atoms with van der Waals surface area (Å²) in [4.78, 5) is 24.7. The van der Waals surface area contributed by atoms with Crippen LogP contribution < -0.4 is 0 Å². The number of hydrogen-bond donors (Lipinski definition) is 1.